The van der Waals surface area contributed by atoms with E-state index in [1.807, 2.05) is 6.92 Å². The second-order valence-electron chi connectivity index (χ2n) is 5.73. The van der Waals surface area contributed by atoms with Gasteiger partial charge in [-0.05, 0) is 24.8 Å². The van der Waals surface area contributed by atoms with Gasteiger partial charge >= 0.3 is 6.18 Å². The summed E-state index contributed by atoms with van der Waals surface area (Å²) in [6, 6.07) is 3.11. The number of hydrazone groups is 1. The van der Waals surface area contributed by atoms with Gasteiger partial charge in [0.15, 0.2) is 5.69 Å². The molecule has 1 aliphatic heterocycles. The van der Waals surface area contributed by atoms with Crippen LogP contribution in [0.3, 0.4) is 0 Å². The third-order valence-electron chi connectivity index (χ3n) is 3.67. The number of benzene rings is 1. The zero-order chi connectivity index (χ0) is 18.7. The zero-order valence-electron chi connectivity index (χ0n) is 13.7. The lowest BCUT2D eigenvalue weighted by molar-refractivity contribution is -0.136. The summed E-state index contributed by atoms with van der Waals surface area (Å²) in [5.41, 5.74) is 1.01. The van der Waals surface area contributed by atoms with Gasteiger partial charge in [-0.1, -0.05) is 13.0 Å². The standard InChI is InChI=1S/C16H17F3N4OS/c1-4-25-9-11-8-15(2,23-22-11)14(24)21-10-5-6-13(20-3)12(7-10)16(17,18)19/h5-7,23H,4,8-9H2,1-2H3,(H,21,24). The van der Waals surface area contributed by atoms with Gasteiger partial charge in [0.2, 0.25) is 0 Å². The number of halogens is 3. The minimum Gasteiger partial charge on any atom is -0.324 e. The molecule has 2 N–H and O–H groups in total. The van der Waals surface area contributed by atoms with Gasteiger partial charge in [-0.25, -0.2) is 4.85 Å². The van der Waals surface area contributed by atoms with E-state index in [4.69, 9.17) is 6.57 Å². The van der Waals surface area contributed by atoms with Crippen molar-refractivity contribution in [2.45, 2.75) is 32.0 Å². The van der Waals surface area contributed by atoms with Crippen molar-refractivity contribution < 1.29 is 18.0 Å². The number of rotatable bonds is 5. The van der Waals surface area contributed by atoms with E-state index in [1.165, 1.54) is 6.07 Å². The van der Waals surface area contributed by atoms with Crippen molar-refractivity contribution in [2.75, 3.05) is 16.8 Å². The maximum Gasteiger partial charge on any atom is 0.407 e. The fourth-order valence-corrected chi connectivity index (χ4v) is 2.94. The molecule has 0 spiro atoms. The van der Waals surface area contributed by atoms with Gasteiger partial charge in [0.25, 0.3) is 5.91 Å². The van der Waals surface area contributed by atoms with Crippen molar-refractivity contribution >= 4 is 34.8 Å². The molecule has 134 valence electrons. The smallest absolute Gasteiger partial charge is 0.324 e. The highest BCUT2D eigenvalue weighted by Crippen LogP contribution is 2.38. The van der Waals surface area contributed by atoms with Gasteiger partial charge in [0.1, 0.15) is 5.54 Å². The molecule has 1 aromatic rings. The Morgan fingerprint density at radius 3 is 2.84 bits per heavy atom. The Kier molecular flexibility index (Phi) is 5.62. The molecule has 1 amide bonds. The molecule has 0 fully saturated rings. The number of amides is 1. The SMILES string of the molecule is [C-]#[N+]c1ccc(NC(=O)C2(C)CC(CSCC)=NN2)cc1C(F)(F)F. The van der Waals surface area contributed by atoms with Crippen molar-refractivity contribution in [3.63, 3.8) is 0 Å². The first-order valence-corrected chi connectivity index (χ1v) is 8.65. The fraction of sp³-hybridized carbons (Fsp3) is 0.438. The molecular weight excluding hydrogens is 353 g/mol. The molecule has 2 rings (SSSR count). The van der Waals surface area contributed by atoms with Crippen LogP contribution in [0.2, 0.25) is 0 Å². The van der Waals surface area contributed by atoms with Crippen molar-refractivity contribution in [3.05, 3.63) is 35.2 Å². The van der Waals surface area contributed by atoms with E-state index >= 15 is 0 Å². The van der Waals surface area contributed by atoms with Gasteiger partial charge < -0.3 is 5.32 Å². The predicted molar refractivity (Wildman–Crippen MR) is 92.9 cm³/mol. The number of alkyl halides is 3. The van der Waals surface area contributed by atoms with Crippen LogP contribution in [0.25, 0.3) is 4.85 Å². The quantitative estimate of drug-likeness (QED) is 0.769. The van der Waals surface area contributed by atoms with Gasteiger partial charge in [0, 0.05) is 17.9 Å². The van der Waals surface area contributed by atoms with Crippen LogP contribution in [0.1, 0.15) is 25.8 Å². The lowest BCUT2D eigenvalue weighted by Gasteiger charge is -2.23. The Hall–Kier alpha value is -2.21. The monoisotopic (exact) mass is 370 g/mol. The Morgan fingerprint density at radius 2 is 2.24 bits per heavy atom. The Morgan fingerprint density at radius 1 is 1.52 bits per heavy atom. The number of nitrogens with zero attached hydrogens (tertiary/aromatic N) is 2. The second-order valence-corrected chi connectivity index (χ2v) is 7.01. The highest BCUT2D eigenvalue weighted by molar-refractivity contribution is 7.99. The van der Waals surface area contributed by atoms with Gasteiger partial charge in [-0.2, -0.15) is 30.0 Å². The van der Waals surface area contributed by atoms with E-state index in [-0.39, 0.29) is 5.69 Å². The molecule has 5 nitrogen and oxygen atoms in total. The number of anilines is 1. The summed E-state index contributed by atoms with van der Waals surface area (Å²) >= 11 is 1.67. The first-order valence-electron chi connectivity index (χ1n) is 7.50. The minimum atomic E-state index is -4.66. The number of hydrogen-bond acceptors (Lipinski definition) is 4. The van der Waals surface area contributed by atoms with E-state index in [1.54, 1.807) is 18.7 Å². The molecule has 0 radical (unpaired) electrons. The maximum atomic E-state index is 13.0. The second kappa shape index (κ2) is 7.35. The average molecular weight is 370 g/mol. The maximum absolute atomic E-state index is 13.0. The summed E-state index contributed by atoms with van der Waals surface area (Å²) < 4.78 is 39.0. The summed E-state index contributed by atoms with van der Waals surface area (Å²) in [4.78, 5) is 15.3. The van der Waals surface area contributed by atoms with Gasteiger partial charge in [0.05, 0.1) is 17.8 Å². The summed E-state index contributed by atoms with van der Waals surface area (Å²) in [6.45, 7) is 10.5. The van der Waals surface area contributed by atoms with E-state index in [0.717, 1.165) is 23.6 Å². The number of nitrogens with one attached hydrogen (secondary N) is 2. The van der Waals surface area contributed by atoms with Crippen LogP contribution >= 0.6 is 11.8 Å². The third-order valence-corrected chi connectivity index (χ3v) is 4.62. The molecule has 1 heterocycles. The van der Waals surface area contributed by atoms with Crippen LogP contribution in [0.15, 0.2) is 23.3 Å². The number of carbonyl (C=O) groups is 1. The van der Waals surface area contributed by atoms with E-state index in [2.05, 4.69) is 20.7 Å². The van der Waals surface area contributed by atoms with E-state index in [0.29, 0.717) is 12.2 Å². The molecule has 1 aromatic carbocycles. The first-order chi connectivity index (χ1) is 11.7. The van der Waals surface area contributed by atoms with E-state index in [9.17, 15) is 18.0 Å². The van der Waals surface area contributed by atoms with E-state index < -0.39 is 28.9 Å². The highest BCUT2D eigenvalue weighted by atomic mass is 32.2. The largest absolute Gasteiger partial charge is 0.407 e. The summed E-state index contributed by atoms with van der Waals surface area (Å²) in [5, 5.41) is 6.62. The first kappa shape index (κ1) is 19.1. The molecule has 0 bridgehead atoms. The lowest BCUT2D eigenvalue weighted by Crippen LogP contribution is -2.47. The fourth-order valence-electron chi connectivity index (χ4n) is 2.33. The Balaban J connectivity index is 2.13. The van der Waals surface area contributed by atoms with Crippen LogP contribution in [0.5, 0.6) is 0 Å². The minimum absolute atomic E-state index is 0.0101. The van der Waals surface area contributed by atoms with Crippen LogP contribution in [-0.2, 0) is 11.0 Å². The summed E-state index contributed by atoms with van der Waals surface area (Å²) in [5.74, 6) is 1.15. The third kappa shape index (κ3) is 4.45. The lowest BCUT2D eigenvalue weighted by atomic mass is 9.96. The number of carbonyl (C=O) groups excluding carboxylic acids is 1. The topological polar surface area (TPSA) is 57.9 Å². The Labute approximate surface area is 147 Å². The summed E-state index contributed by atoms with van der Waals surface area (Å²) in [7, 11) is 0. The van der Waals surface area contributed by atoms with Crippen molar-refractivity contribution in [1.82, 2.24) is 5.43 Å². The molecule has 1 aliphatic rings. The van der Waals surface area contributed by atoms with Crippen molar-refractivity contribution in [1.29, 1.82) is 0 Å². The molecule has 0 saturated carbocycles. The van der Waals surface area contributed by atoms with Gasteiger partial charge in [-0.3, -0.25) is 10.2 Å². The van der Waals surface area contributed by atoms with Crippen LogP contribution < -0.4 is 10.7 Å². The molecule has 0 aliphatic carbocycles. The van der Waals surface area contributed by atoms with Crippen LogP contribution in [0, 0.1) is 6.57 Å². The van der Waals surface area contributed by atoms with Gasteiger partial charge in [-0.15, -0.1) is 0 Å². The zero-order valence-corrected chi connectivity index (χ0v) is 14.5. The summed E-state index contributed by atoms with van der Waals surface area (Å²) in [6.07, 6.45) is -4.28. The molecule has 25 heavy (non-hydrogen) atoms. The highest BCUT2D eigenvalue weighted by Gasteiger charge is 2.39. The molecule has 1 atom stereocenters. The number of hydrogen-bond donors (Lipinski definition) is 2. The average Bonchev–Trinajstić information content (AvgIpc) is 2.95. The van der Waals surface area contributed by atoms with Crippen LogP contribution in [0.4, 0.5) is 24.5 Å². The van der Waals surface area contributed by atoms with Crippen molar-refractivity contribution in [3.8, 4) is 0 Å². The van der Waals surface area contributed by atoms with Crippen LogP contribution in [-0.4, -0.2) is 28.7 Å². The molecule has 0 saturated heterocycles. The molecular formula is C16H17F3N4OS. The normalized spacial score (nSPS) is 19.8. The number of thioether (sulfide) groups is 1. The van der Waals surface area contributed by atoms with Crippen molar-refractivity contribution in [2.24, 2.45) is 5.10 Å². The molecule has 0 aromatic heterocycles. The Bertz CT molecular complexity index is 742. The predicted octanol–water partition coefficient (Wildman–Crippen LogP) is 4.06. The molecule has 1 unspecified atom stereocenters. The molecule has 9 heteroatoms.